The third kappa shape index (κ3) is 3.25. The van der Waals surface area contributed by atoms with Crippen LogP contribution in [0.15, 0.2) is 46.9 Å². The van der Waals surface area contributed by atoms with Gasteiger partial charge in [0, 0.05) is 20.1 Å². The van der Waals surface area contributed by atoms with Crippen LogP contribution in [0.3, 0.4) is 0 Å². The molecule has 0 aliphatic carbocycles. The Bertz CT molecular complexity index is 584. The van der Waals surface area contributed by atoms with Crippen LogP contribution in [-0.2, 0) is 0 Å². The van der Waals surface area contributed by atoms with Crippen LogP contribution >= 0.6 is 39.1 Å². The Balaban J connectivity index is 2.21. The highest BCUT2D eigenvalue weighted by Gasteiger charge is 2.08. The average molecular weight is 345 g/mol. The maximum atomic E-state index is 12.0. The van der Waals surface area contributed by atoms with Crippen LogP contribution in [-0.4, -0.2) is 5.91 Å². The van der Waals surface area contributed by atoms with Crippen molar-refractivity contribution in [1.82, 2.24) is 0 Å². The van der Waals surface area contributed by atoms with Gasteiger partial charge < -0.3 is 5.32 Å². The maximum Gasteiger partial charge on any atom is 0.255 e. The molecule has 0 spiro atoms. The Morgan fingerprint density at radius 3 is 2.28 bits per heavy atom. The van der Waals surface area contributed by atoms with Crippen molar-refractivity contribution >= 4 is 50.7 Å². The van der Waals surface area contributed by atoms with Gasteiger partial charge in [0.25, 0.3) is 5.91 Å². The third-order valence-corrected chi connectivity index (χ3v) is 3.46. The summed E-state index contributed by atoms with van der Waals surface area (Å²) in [6, 6.07) is 11.9. The molecule has 0 aliphatic rings. The fourth-order valence-electron chi connectivity index (χ4n) is 1.39. The summed E-state index contributed by atoms with van der Waals surface area (Å²) >= 11 is 15.0. The summed E-state index contributed by atoms with van der Waals surface area (Å²) in [4.78, 5) is 12.0. The van der Waals surface area contributed by atoms with Crippen molar-refractivity contribution in [2.24, 2.45) is 0 Å². The Kier molecular flexibility index (Phi) is 4.27. The van der Waals surface area contributed by atoms with Gasteiger partial charge in [-0.3, -0.25) is 4.79 Å². The molecule has 2 nitrogen and oxygen atoms in total. The number of benzene rings is 2. The van der Waals surface area contributed by atoms with Crippen molar-refractivity contribution in [3.05, 3.63) is 62.5 Å². The molecule has 0 saturated heterocycles. The Hall–Kier alpha value is -1.03. The minimum atomic E-state index is -0.213. The smallest absolute Gasteiger partial charge is 0.255 e. The first-order valence-corrected chi connectivity index (χ1v) is 6.63. The average Bonchev–Trinajstić information content (AvgIpc) is 2.34. The molecule has 1 N–H and O–H groups in total. The number of amides is 1. The summed E-state index contributed by atoms with van der Waals surface area (Å²) in [5, 5.41) is 3.93. The van der Waals surface area contributed by atoms with Crippen molar-refractivity contribution in [1.29, 1.82) is 0 Å². The van der Waals surface area contributed by atoms with E-state index in [1.54, 1.807) is 42.5 Å². The zero-order valence-corrected chi connectivity index (χ0v) is 12.2. The highest BCUT2D eigenvalue weighted by Crippen LogP contribution is 2.26. The highest BCUT2D eigenvalue weighted by atomic mass is 79.9. The molecule has 0 heterocycles. The normalized spacial score (nSPS) is 10.2. The Labute approximate surface area is 123 Å². The maximum absolute atomic E-state index is 12.0. The predicted octanol–water partition coefficient (Wildman–Crippen LogP) is 5.01. The molecule has 2 aromatic carbocycles. The summed E-state index contributed by atoms with van der Waals surface area (Å²) in [5.41, 5.74) is 1.16. The quantitative estimate of drug-likeness (QED) is 0.815. The second kappa shape index (κ2) is 5.74. The van der Waals surface area contributed by atoms with Crippen LogP contribution in [0.2, 0.25) is 10.0 Å². The predicted molar refractivity (Wildman–Crippen MR) is 78.6 cm³/mol. The fourth-order valence-corrected chi connectivity index (χ4v) is 2.03. The monoisotopic (exact) mass is 343 g/mol. The number of carbonyl (C=O) groups is 1. The molecule has 0 radical (unpaired) electrons. The minimum absolute atomic E-state index is 0.213. The van der Waals surface area contributed by atoms with Crippen LogP contribution < -0.4 is 5.32 Å². The van der Waals surface area contributed by atoms with E-state index in [0.717, 1.165) is 4.47 Å². The lowest BCUT2D eigenvalue weighted by Crippen LogP contribution is -2.12. The van der Waals surface area contributed by atoms with Gasteiger partial charge in [0.05, 0.1) is 5.69 Å². The van der Waals surface area contributed by atoms with Crippen molar-refractivity contribution in [2.75, 3.05) is 5.32 Å². The van der Waals surface area contributed by atoms with Gasteiger partial charge in [0.15, 0.2) is 0 Å². The lowest BCUT2D eigenvalue weighted by atomic mass is 10.2. The number of halogens is 3. The molecule has 0 aromatic heterocycles. The molecule has 5 heteroatoms. The molecule has 0 unspecified atom stereocenters. The number of hydrogen-bond acceptors (Lipinski definition) is 1. The van der Waals surface area contributed by atoms with E-state index in [4.69, 9.17) is 23.2 Å². The van der Waals surface area contributed by atoms with E-state index in [0.29, 0.717) is 21.3 Å². The minimum Gasteiger partial charge on any atom is -0.321 e. The number of anilines is 1. The van der Waals surface area contributed by atoms with Gasteiger partial charge >= 0.3 is 0 Å². The lowest BCUT2D eigenvalue weighted by molar-refractivity contribution is 0.102. The Morgan fingerprint density at radius 1 is 1.00 bits per heavy atom. The van der Waals surface area contributed by atoms with Crippen LogP contribution in [0.4, 0.5) is 5.69 Å². The molecule has 0 saturated carbocycles. The zero-order valence-electron chi connectivity index (χ0n) is 9.08. The van der Waals surface area contributed by atoms with Crippen LogP contribution in [0, 0.1) is 0 Å². The summed E-state index contributed by atoms with van der Waals surface area (Å²) < 4.78 is 0.772. The molecule has 2 aromatic rings. The second-order valence-electron chi connectivity index (χ2n) is 3.59. The first-order chi connectivity index (χ1) is 8.56. The molecule has 18 heavy (non-hydrogen) atoms. The topological polar surface area (TPSA) is 29.1 Å². The second-order valence-corrected chi connectivity index (χ2v) is 5.31. The largest absolute Gasteiger partial charge is 0.321 e. The number of nitrogens with one attached hydrogen (secondary N) is 1. The standard InChI is InChI=1S/C13H8BrCl2NO/c14-11-6-5-10(16)7-12(11)17-13(18)8-1-3-9(15)4-2-8/h1-7H,(H,17,18). The first-order valence-electron chi connectivity index (χ1n) is 5.08. The van der Waals surface area contributed by atoms with Gasteiger partial charge in [-0.05, 0) is 58.4 Å². The van der Waals surface area contributed by atoms with E-state index >= 15 is 0 Å². The summed E-state index contributed by atoms with van der Waals surface area (Å²) in [5.74, 6) is -0.213. The van der Waals surface area contributed by atoms with Gasteiger partial charge in [0.2, 0.25) is 0 Å². The Morgan fingerprint density at radius 2 is 1.61 bits per heavy atom. The van der Waals surface area contributed by atoms with E-state index < -0.39 is 0 Å². The highest BCUT2D eigenvalue weighted by molar-refractivity contribution is 9.10. The van der Waals surface area contributed by atoms with E-state index in [1.807, 2.05) is 0 Å². The van der Waals surface area contributed by atoms with Crippen molar-refractivity contribution in [3.63, 3.8) is 0 Å². The van der Waals surface area contributed by atoms with Crippen LogP contribution in [0.25, 0.3) is 0 Å². The van der Waals surface area contributed by atoms with Crippen molar-refractivity contribution in [2.45, 2.75) is 0 Å². The molecular formula is C13H8BrCl2NO. The molecule has 92 valence electrons. The third-order valence-electron chi connectivity index (χ3n) is 2.28. The van der Waals surface area contributed by atoms with Gasteiger partial charge in [-0.25, -0.2) is 0 Å². The molecule has 1 amide bonds. The molecule has 0 aliphatic heterocycles. The van der Waals surface area contributed by atoms with E-state index in [9.17, 15) is 4.79 Å². The molecule has 0 atom stereocenters. The van der Waals surface area contributed by atoms with Gasteiger partial charge in [0.1, 0.15) is 0 Å². The molecule has 0 bridgehead atoms. The van der Waals surface area contributed by atoms with Crippen molar-refractivity contribution < 1.29 is 4.79 Å². The van der Waals surface area contributed by atoms with E-state index in [2.05, 4.69) is 21.2 Å². The van der Waals surface area contributed by atoms with Crippen molar-refractivity contribution in [3.8, 4) is 0 Å². The molecular weight excluding hydrogens is 337 g/mol. The molecule has 0 fully saturated rings. The fraction of sp³-hybridized carbons (Fsp3) is 0. The van der Waals surface area contributed by atoms with Gasteiger partial charge in [-0.15, -0.1) is 0 Å². The lowest BCUT2D eigenvalue weighted by Gasteiger charge is -2.07. The van der Waals surface area contributed by atoms with Gasteiger partial charge in [-0.1, -0.05) is 23.2 Å². The van der Waals surface area contributed by atoms with Gasteiger partial charge in [-0.2, -0.15) is 0 Å². The number of rotatable bonds is 2. The van der Waals surface area contributed by atoms with E-state index in [1.165, 1.54) is 0 Å². The number of carbonyl (C=O) groups excluding carboxylic acids is 1. The summed E-state index contributed by atoms with van der Waals surface area (Å²) in [6.07, 6.45) is 0. The zero-order chi connectivity index (χ0) is 13.1. The van der Waals surface area contributed by atoms with Crippen LogP contribution in [0.1, 0.15) is 10.4 Å². The SMILES string of the molecule is O=C(Nc1cc(Cl)ccc1Br)c1ccc(Cl)cc1. The summed E-state index contributed by atoms with van der Waals surface area (Å²) in [7, 11) is 0. The van der Waals surface area contributed by atoms with Crippen LogP contribution in [0.5, 0.6) is 0 Å². The molecule has 2 rings (SSSR count). The van der Waals surface area contributed by atoms with E-state index in [-0.39, 0.29) is 5.91 Å². The summed E-state index contributed by atoms with van der Waals surface area (Å²) in [6.45, 7) is 0. The first kappa shape index (κ1) is 13.4. The number of hydrogen-bond donors (Lipinski definition) is 1.